The Kier molecular flexibility index (Phi) is 10.2. The van der Waals surface area contributed by atoms with E-state index >= 15 is 0 Å². The zero-order valence-corrected chi connectivity index (χ0v) is 26.2. The number of carbonyl (C=O) groups excluding carboxylic acids is 1. The molecule has 2 aliphatic heterocycles. The fraction of sp³-hybridized carbons (Fsp3) is 0.559. The predicted octanol–water partition coefficient (Wildman–Crippen LogP) is 6.95. The molecule has 2 amide bonds. The third-order valence-electron chi connectivity index (χ3n) is 8.94. The molecule has 0 N–H and O–H groups in total. The minimum atomic E-state index is -0.275. The summed E-state index contributed by atoms with van der Waals surface area (Å²) in [7, 11) is 5.10. The number of aryl methyl sites for hydroxylation is 1. The molecular weight excluding hydrogens is 514 g/mol. The van der Waals surface area contributed by atoms with Gasteiger partial charge in [-0.2, -0.15) is 0 Å². The second-order valence-corrected chi connectivity index (χ2v) is 11.3. The summed E-state index contributed by atoms with van der Waals surface area (Å²) < 4.78 is 16.7. The number of hydrogen-bond acceptors (Lipinski definition) is 5. The molecule has 4 rings (SSSR count). The topological polar surface area (TPSA) is 54.5 Å². The van der Waals surface area contributed by atoms with Crippen LogP contribution in [0.15, 0.2) is 42.1 Å². The van der Waals surface area contributed by atoms with Crippen LogP contribution in [0.2, 0.25) is 0 Å². The first-order valence-corrected chi connectivity index (χ1v) is 15.2. The molecule has 1 spiro atoms. The van der Waals surface area contributed by atoms with Gasteiger partial charge in [0.1, 0.15) is 17.2 Å². The number of benzene rings is 2. The van der Waals surface area contributed by atoms with Crippen molar-refractivity contribution in [2.45, 2.75) is 84.8 Å². The molecule has 0 atom stereocenters. The minimum Gasteiger partial charge on any atom is -0.497 e. The average Bonchev–Trinajstić information content (AvgIpc) is 3.20. The van der Waals surface area contributed by atoms with Crippen LogP contribution >= 0.6 is 0 Å². The first kappa shape index (κ1) is 30.8. The molecular formula is C34H49N3O4. The molecule has 0 saturated carbocycles. The van der Waals surface area contributed by atoms with E-state index in [1.165, 1.54) is 16.8 Å². The van der Waals surface area contributed by atoms with E-state index in [0.717, 1.165) is 86.5 Å². The van der Waals surface area contributed by atoms with Crippen LogP contribution in [0.3, 0.4) is 0 Å². The number of methoxy groups -OCH3 is 3. The summed E-state index contributed by atoms with van der Waals surface area (Å²) in [5.41, 5.74) is 5.59. The lowest BCUT2D eigenvalue weighted by atomic mass is 9.82. The van der Waals surface area contributed by atoms with Crippen LogP contribution in [-0.2, 0) is 19.5 Å². The van der Waals surface area contributed by atoms with Crippen LogP contribution < -0.4 is 14.2 Å². The quantitative estimate of drug-likeness (QED) is 0.262. The average molecular weight is 564 g/mol. The van der Waals surface area contributed by atoms with Gasteiger partial charge in [0.05, 0.1) is 33.4 Å². The lowest BCUT2D eigenvalue weighted by molar-refractivity contribution is 0.0888. The number of carbonyl (C=O) groups is 1. The maximum absolute atomic E-state index is 14.1. The number of allylic oxidation sites excluding steroid dienone is 1. The molecule has 0 aromatic heterocycles. The highest BCUT2D eigenvalue weighted by Gasteiger charge is 2.53. The molecule has 7 heteroatoms. The van der Waals surface area contributed by atoms with Gasteiger partial charge in [-0.3, -0.25) is 9.80 Å². The summed E-state index contributed by atoms with van der Waals surface area (Å²) in [5, 5.41) is 0. The molecule has 0 radical (unpaired) electrons. The third-order valence-corrected chi connectivity index (χ3v) is 8.94. The molecule has 0 bridgehead atoms. The van der Waals surface area contributed by atoms with Crippen molar-refractivity contribution in [3.8, 4) is 17.2 Å². The standard InChI is InChI=1S/C34H49N3O4/c1-8-11-12-13-32-34(14-16-35(17-15-34)23-27-19-29(39-5)22-30(20-27)40-6)37(10-3)33(38)36(32)24-28-18-26(9-2)21-31(41-7)25(28)4/h13,18-22H,8-12,14-17,23-24H2,1-7H3/b32-13-. The highest BCUT2D eigenvalue weighted by Crippen LogP contribution is 2.45. The van der Waals surface area contributed by atoms with Crippen molar-refractivity contribution in [1.29, 1.82) is 0 Å². The van der Waals surface area contributed by atoms with Crippen LogP contribution in [0.25, 0.3) is 0 Å². The van der Waals surface area contributed by atoms with Crippen LogP contribution in [0.4, 0.5) is 4.79 Å². The Morgan fingerprint density at radius 1 is 0.878 bits per heavy atom. The lowest BCUT2D eigenvalue weighted by Gasteiger charge is -2.44. The number of urea groups is 1. The molecule has 2 heterocycles. The van der Waals surface area contributed by atoms with Crippen LogP contribution in [-0.4, -0.2) is 67.2 Å². The van der Waals surface area contributed by atoms with Crippen LogP contribution in [0.1, 0.15) is 75.1 Å². The summed E-state index contributed by atoms with van der Waals surface area (Å²) >= 11 is 0. The molecule has 0 aliphatic carbocycles. The van der Waals surface area contributed by atoms with Gasteiger partial charge in [0.25, 0.3) is 0 Å². The summed E-state index contributed by atoms with van der Waals surface area (Å²) in [6.07, 6.45) is 8.37. The SMILES string of the molecule is CCCC/C=C1\N(Cc2cc(CC)cc(OC)c2C)C(=O)N(CC)C12CCN(Cc1cc(OC)cc(OC)c1)CC2. The van der Waals surface area contributed by atoms with Gasteiger partial charge in [-0.05, 0) is 80.0 Å². The Morgan fingerprint density at radius 2 is 1.56 bits per heavy atom. The van der Waals surface area contributed by atoms with Crippen molar-refractivity contribution < 1.29 is 19.0 Å². The fourth-order valence-corrected chi connectivity index (χ4v) is 6.54. The second kappa shape index (κ2) is 13.6. The molecule has 41 heavy (non-hydrogen) atoms. The zero-order valence-electron chi connectivity index (χ0n) is 26.2. The normalized spacial score (nSPS) is 18.0. The van der Waals surface area contributed by atoms with Gasteiger partial charge in [-0.25, -0.2) is 4.79 Å². The summed E-state index contributed by atoms with van der Waals surface area (Å²) in [5.74, 6) is 2.51. The molecule has 0 unspecified atom stereocenters. The fourth-order valence-electron chi connectivity index (χ4n) is 6.54. The van der Waals surface area contributed by atoms with Crippen molar-refractivity contribution in [1.82, 2.24) is 14.7 Å². The van der Waals surface area contributed by atoms with E-state index in [9.17, 15) is 4.79 Å². The van der Waals surface area contributed by atoms with E-state index in [2.05, 4.69) is 72.7 Å². The Bertz CT molecular complexity index is 1210. The Balaban J connectivity index is 1.62. The summed E-state index contributed by atoms with van der Waals surface area (Å²) in [4.78, 5) is 20.8. The van der Waals surface area contributed by atoms with E-state index in [4.69, 9.17) is 14.2 Å². The lowest BCUT2D eigenvalue weighted by Crippen LogP contribution is -2.53. The molecule has 224 valence electrons. The molecule has 2 fully saturated rings. The van der Waals surface area contributed by atoms with Gasteiger partial charge >= 0.3 is 6.03 Å². The number of ether oxygens (including phenoxy) is 3. The van der Waals surface area contributed by atoms with Gasteiger partial charge in [0, 0.05) is 37.9 Å². The van der Waals surface area contributed by atoms with Crippen LogP contribution in [0, 0.1) is 6.92 Å². The van der Waals surface area contributed by atoms with Crippen molar-refractivity contribution in [2.75, 3.05) is 41.0 Å². The van der Waals surface area contributed by atoms with Gasteiger partial charge in [0.15, 0.2) is 0 Å². The van der Waals surface area contributed by atoms with Crippen molar-refractivity contribution in [3.05, 3.63) is 64.4 Å². The minimum absolute atomic E-state index is 0.126. The number of nitrogens with zero attached hydrogens (tertiary/aromatic N) is 3. The molecule has 7 nitrogen and oxygen atoms in total. The van der Waals surface area contributed by atoms with E-state index in [-0.39, 0.29) is 11.6 Å². The van der Waals surface area contributed by atoms with Gasteiger partial charge < -0.3 is 19.1 Å². The van der Waals surface area contributed by atoms with Gasteiger partial charge in [-0.1, -0.05) is 38.8 Å². The van der Waals surface area contributed by atoms with Crippen LogP contribution in [0.5, 0.6) is 17.2 Å². The largest absolute Gasteiger partial charge is 0.497 e. The Labute approximate surface area is 247 Å². The molecule has 2 saturated heterocycles. The number of piperidine rings is 1. The highest BCUT2D eigenvalue weighted by molar-refractivity contribution is 5.82. The predicted molar refractivity (Wildman–Crippen MR) is 165 cm³/mol. The van der Waals surface area contributed by atoms with Crippen molar-refractivity contribution in [3.63, 3.8) is 0 Å². The monoisotopic (exact) mass is 563 g/mol. The Hall–Kier alpha value is -3.19. The van der Waals surface area contributed by atoms with Gasteiger partial charge in [-0.15, -0.1) is 0 Å². The maximum Gasteiger partial charge on any atom is 0.325 e. The number of likely N-dealkylation sites (N-methyl/N-ethyl adjacent to an activating group) is 1. The number of hydrogen-bond donors (Lipinski definition) is 0. The molecule has 2 aromatic rings. The first-order valence-electron chi connectivity index (χ1n) is 15.2. The second-order valence-electron chi connectivity index (χ2n) is 11.3. The first-order chi connectivity index (χ1) is 19.8. The molecule has 2 aromatic carbocycles. The summed E-state index contributed by atoms with van der Waals surface area (Å²) in [6.45, 7) is 12.5. The third kappa shape index (κ3) is 6.35. The zero-order chi connectivity index (χ0) is 29.6. The van der Waals surface area contributed by atoms with Crippen molar-refractivity contribution in [2.24, 2.45) is 0 Å². The molecule has 2 aliphatic rings. The van der Waals surface area contributed by atoms with E-state index < -0.39 is 0 Å². The maximum atomic E-state index is 14.1. The number of amides is 2. The van der Waals surface area contributed by atoms with E-state index in [1.807, 2.05) is 6.07 Å². The number of unbranched alkanes of at least 4 members (excludes halogenated alkanes) is 2. The number of rotatable bonds is 12. The highest BCUT2D eigenvalue weighted by atomic mass is 16.5. The number of likely N-dealkylation sites (tertiary alicyclic amines) is 1. The smallest absolute Gasteiger partial charge is 0.325 e. The van der Waals surface area contributed by atoms with Gasteiger partial charge in [0.2, 0.25) is 0 Å². The Morgan fingerprint density at radius 3 is 2.12 bits per heavy atom. The summed E-state index contributed by atoms with van der Waals surface area (Å²) in [6, 6.07) is 10.6. The van der Waals surface area contributed by atoms with Crippen molar-refractivity contribution >= 4 is 6.03 Å². The van der Waals surface area contributed by atoms with E-state index in [1.54, 1.807) is 21.3 Å². The van der Waals surface area contributed by atoms with E-state index in [0.29, 0.717) is 13.1 Å².